The molecule has 2 aromatic rings. The minimum absolute atomic E-state index is 0.102. The van der Waals surface area contributed by atoms with Gasteiger partial charge in [-0.15, -0.1) is 0 Å². The van der Waals surface area contributed by atoms with Gasteiger partial charge in [0.2, 0.25) is 0 Å². The van der Waals surface area contributed by atoms with Crippen LogP contribution in [0.15, 0.2) is 54.6 Å². The molecule has 2 rings (SSSR count). The summed E-state index contributed by atoms with van der Waals surface area (Å²) < 4.78 is 29.6. The average Bonchev–Trinajstić information content (AvgIpc) is 2.67. The molecule has 0 aromatic heterocycles. The van der Waals surface area contributed by atoms with Crippen LogP contribution in [0.3, 0.4) is 0 Å². The molecule has 0 spiro atoms. The minimum atomic E-state index is -3.31. The zero-order valence-corrected chi connectivity index (χ0v) is 19.9. The third-order valence-electron chi connectivity index (χ3n) is 4.43. The third kappa shape index (κ3) is 8.61. The number of hydrogen-bond acceptors (Lipinski definition) is 5. The normalized spacial score (nSPS) is 14.1. The summed E-state index contributed by atoms with van der Waals surface area (Å²) in [6.45, 7) is 11.7. The summed E-state index contributed by atoms with van der Waals surface area (Å²) in [6.07, 6.45) is 0.402. The van der Waals surface area contributed by atoms with Crippen molar-refractivity contribution in [2.45, 2.75) is 72.3 Å². The van der Waals surface area contributed by atoms with E-state index in [9.17, 15) is 4.57 Å². The second-order valence-electron chi connectivity index (χ2n) is 8.24. The van der Waals surface area contributed by atoms with E-state index in [1.54, 1.807) is 0 Å². The molecular weight excluding hydrogens is 397 g/mol. The smallest absolute Gasteiger partial charge is 0.368 e. The molecule has 0 aliphatic heterocycles. The second-order valence-corrected chi connectivity index (χ2v) is 10.1. The molecule has 0 heterocycles. The molecule has 0 saturated carbocycles. The van der Waals surface area contributed by atoms with Crippen molar-refractivity contribution in [3.05, 3.63) is 65.7 Å². The zero-order chi connectivity index (χ0) is 22.1. The Labute approximate surface area is 181 Å². The van der Waals surface area contributed by atoms with Crippen LogP contribution in [0.4, 0.5) is 0 Å². The van der Waals surface area contributed by atoms with Crippen LogP contribution >= 0.6 is 7.60 Å². The minimum Gasteiger partial charge on any atom is -0.481 e. The molecular formula is C24H36NO4P. The molecule has 2 aromatic carbocycles. The van der Waals surface area contributed by atoms with Crippen molar-refractivity contribution in [1.82, 2.24) is 5.32 Å². The van der Waals surface area contributed by atoms with Gasteiger partial charge in [-0.25, -0.2) is 0 Å². The molecule has 2 atom stereocenters. The third-order valence-corrected chi connectivity index (χ3v) is 6.36. The Morgan fingerprint density at radius 1 is 0.833 bits per heavy atom. The Hall–Kier alpha value is -1.65. The predicted octanol–water partition coefficient (Wildman–Crippen LogP) is 6.35. The summed E-state index contributed by atoms with van der Waals surface area (Å²) in [5, 5.41) is 3.64. The number of ether oxygens (including phenoxy) is 1. The van der Waals surface area contributed by atoms with E-state index in [-0.39, 0.29) is 18.6 Å². The highest BCUT2D eigenvalue weighted by Crippen LogP contribution is 2.50. The van der Waals surface area contributed by atoms with Gasteiger partial charge in [0, 0.05) is 12.1 Å². The molecule has 0 bridgehead atoms. The fraction of sp³-hybridized carbons (Fsp3) is 0.500. The Bertz CT molecular complexity index is 779. The van der Waals surface area contributed by atoms with E-state index in [0.29, 0.717) is 17.8 Å². The summed E-state index contributed by atoms with van der Waals surface area (Å²) in [7, 11) is -3.31. The first-order valence-electron chi connectivity index (χ1n) is 10.7. The van der Waals surface area contributed by atoms with Crippen molar-refractivity contribution in [1.29, 1.82) is 0 Å². The highest BCUT2D eigenvalue weighted by Gasteiger charge is 2.29. The molecule has 0 amide bonds. The van der Waals surface area contributed by atoms with E-state index in [2.05, 4.69) is 43.4 Å². The molecule has 0 saturated heterocycles. The van der Waals surface area contributed by atoms with Crippen molar-refractivity contribution in [2.75, 3.05) is 6.35 Å². The number of rotatable bonds is 12. The van der Waals surface area contributed by atoms with Gasteiger partial charge in [0.05, 0.1) is 12.2 Å². The largest absolute Gasteiger partial charge is 0.481 e. The maximum absolute atomic E-state index is 12.9. The van der Waals surface area contributed by atoms with Crippen LogP contribution in [0, 0.1) is 0 Å². The van der Waals surface area contributed by atoms with Crippen molar-refractivity contribution in [3.8, 4) is 5.75 Å². The van der Waals surface area contributed by atoms with Gasteiger partial charge >= 0.3 is 7.60 Å². The maximum Gasteiger partial charge on any atom is 0.368 e. The standard InChI is InChI=1S/C24H36NO4P/c1-18(2)28-30(26,29-19(3)4)17-27-24-14-12-22(13-15-24)16-20(5)25-21(6)23-10-8-7-9-11-23/h7-15,18-21,25H,16-17H2,1-6H3. The molecule has 0 fully saturated rings. The van der Waals surface area contributed by atoms with Gasteiger partial charge in [-0.1, -0.05) is 42.5 Å². The van der Waals surface area contributed by atoms with Gasteiger partial charge in [0.25, 0.3) is 0 Å². The second kappa shape index (κ2) is 11.7. The lowest BCUT2D eigenvalue weighted by Gasteiger charge is -2.23. The number of hydrogen-bond donors (Lipinski definition) is 1. The molecule has 166 valence electrons. The van der Waals surface area contributed by atoms with E-state index >= 15 is 0 Å². The van der Waals surface area contributed by atoms with E-state index in [1.807, 2.05) is 58.0 Å². The molecule has 0 aliphatic rings. The summed E-state index contributed by atoms with van der Waals surface area (Å²) in [5.41, 5.74) is 2.49. The van der Waals surface area contributed by atoms with Crippen molar-refractivity contribution in [2.24, 2.45) is 0 Å². The summed E-state index contributed by atoms with van der Waals surface area (Å²) in [4.78, 5) is 0. The van der Waals surface area contributed by atoms with Gasteiger partial charge < -0.3 is 19.1 Å². The SMILES string of the molecule is CC(Cc1ccc(OCP(=O)(OC(C)C)OC(C)C)cc1)NC(C)c1ccccc1. The predicted molar refractivity (Wildman–Crippen MR) is 123 cm³/mol. The van der Waals surface area contributed by atoms with E-state index in [1.165, 1.54) is 11.1 Å². The Morgan fingerprint density at radius 3 is 1.93 bits per heavy atom. The Kier molecular flexibility index (Phi) is 9.57. The molecule has 5 nitrogen and oxygen atoms in total. The molecule has 2 unspecified atom stereocenters. The highest BCUT2D eigenvalue weighted by atomic mass is 31.2. The topological polar surface area (TPSA) is 56.8 Å². The van der Waals surface area contributed by atoms with Crippen LogP contribution in [0.2, 0.25) is 0 Å². The molecule has 30 heavy (non-hydrogen) atoms. The van der Waals surface area contributed by atoms with E-state index in [4.69, 9.17) is 13.8 Å². The highest BCUT2D eigenvalue weighted by molar-refractivity contribution is 7.53. The average molecular weight is 434 g/mol. The lowest BCUT2D eigenvalue weighted by Crippen LogP contribution is -2.30. The van der Waals surface area contributed by atoms with Gasteiger partial charge in [-0.05, 0) is 71.2 Å². The van der Waals surface area contributed by atoms with Crippen LogP contribution in [0.5, 0.6) is 5.75 Å². The Morgan fingerprint density at radius 2 is 1.40 bits per heavy atom. The first-order chi connectivity index (χ1) is 14.2. The lowest BCUT2D eigenvalue weighted by atomic mass is 10.0. The lowest BCUT2D eigenvalue weighted by molar-refractivity contribution is 0.129. The first kappa shape index (κ1) is 24.6. The quantitative estimate of drug-likeness (QED) is 0.395. The monoisotopic (exact) mass is 433 g/mol. The summed E-state index contributed by atoms with van der Waals surface area (Å²) in [6, 6.07) is 18.9. The van der Waals surface area contributed by atoms with Crippen molar-refractivity contribution in [3.63, 3.8) is 0 Å². The van der Waals surface area contributed by atoms with Gasteiger partial charge in [-0.3, -0.25) is 4.57 Å². The van der Waals surface area contributed by atoms with Crippen LogP contribution in [0.1, 0.15) is 58.7 Å². The fourth-order valence-electron chi connectivity index (χ4n) is 3.28. The van der Waals surface area contributed by atoms with Crippen molar-refractivity contribution >= 4 is 7.60 Å². The molecule has 1 N–H and O–H groups in total. The number of nitrogens with one attached hydrogen (secondary N) is 1. The van der Waals surface area contributed by atoms with Crippen LogP contribution in [-0.4, -0.2) is 24.6 Å². The van der Waals surface area contributed by atoms with Gasteiger partial charge in [0.15, 0.2) is 6.35 Å². The molecule has 0 aliphatic carbocycles. The maximum atomic E-state index is 12.9. The summed E-state index contributed by atoms with van der Waals surface area (Å²) >= 11 is 0. The zero-order valence-electron chi connectivity index (χ0n) is 19.0. The van der Waals surface area contributed by atoms with Gasteiger partial charge in [-0.2, -0.15) is 0 Å². The van der Waals surface area contributed by atoms with E-state index in [0.717, 1.165) is 6.42 Å². The van der Waals surface area contributed by atoms with Crippen molar-refractivity contribution < 1.29 is 18.3 Å². The van der Waals surface area contributed by atoms with Crippen LogP contribution < -0.4 is 10.1 Å². The molecule has 0 radical (unpaired) electrons. The molecule has 6 heteroatoms. The fourth-order valence-corrected chi connectivity index (χ4v) is 5.04. The van der Waals surface area contributed by atoms with Crippen LogP contribution in [0.25, 0.3) is 0 Å². The summed E-state index contributed by atoms with van der Waals surface area (Å²) in [5.74, 6) is 0.650. The van der Waals surface area contributed by atoms with Crippen LogP contribution in [-0.2, 0) is 20.0 Å². The first-order valence-corrected chi connectivity index (χ1v) is 12.4. The van der Waals surface area contributed by atoms with Gasteiger partial charge in [0.1, 0.15) is 5.75 Å². The van der Waals surface area contributed by atoms with E-state index < -0.39 is 7.60 Å². The number of benzene rings is 2. The Balaban J connectivity index is 1.88.